The van der Waals surface area contributed by atoms with Gasteiger partial charge in [0.2, 0.25) is 29.5 Å². The number of amides is 5. The van der Waals surface area contributed by atoms with Crippen LogP contribution in [0.4, 0.5) is 5.69 Å². The van der Waals surface area contributed by atoms with E-state index in [9.17, 15) is 33.9 Å². The molecule has 1 fully saturated rings. The molecule has 0 radical (unpaired) electrons. The van der Waals surface area contributed by atoms with Crippen LogP contribution in [0.25, 0.3) is 11.1 Å². The Morgan fingerprint density at radius 3 is 1.71 bits per heavy atom. The Kier molecular flexibility index (Phi) is 14.6. The maximum absolute atomic E-state index is 14.5. The molecule has 6 N–H and O–H groups in total. The Balaban J connectivity index is 1.35. The highest BCUT2D eigenvalue weighted by molar-refractivity contribution is 5.97. The topological polar surface area (TPSA) is 183 Å². The van der Waals surface area contributed by atoms with Gasteiger partial charge >= 0.3 is 5.97 Å². The first-order valence-corrected chi connectivity index (χ1v) is 20.5. The third kappa shape index (κ3) is 12.1. The molecule has 0 unspecified atom stereocenters. The summed E-state index contributed by atoms with van der Waals surface area (Å²) in [5, 5.41) is 24.4. The molecule has 12 nitrogen and oxygen atoms in total. The molecule has 2 bridgehead atoms. The summed E-state index contributed by atoms with van der Waals surface area (Å²) >= 11 is 0. The number of carboxylic acid groups (broad SMARTS) is 1. The van der Waals surface area contributed by atoms with Crippen LogP contribution in [0.5, 0.6) is 0 Å². The number of carboxylic acids is 1. The number of hydrogen-bond donors (Lipinski definition) is 6. The molecule has 3 aliphatic rings. The Labute approximate surface area is 344 Å². The number of carbonyl (C=O) groups is 6. The van der Waals surface area contributed by atoms with Crippen molar-refractivity contribution in [2.75, 3.05) is 5.32 Å². The van der Waals surface area contributed by atoms with Crippen molar-refractivity contribution in [1.29, 1.82) is 0 Å². The fraction of sp³-hybridized carbons (Fsp3) is 0.362. The van der Waals surface area contributed by atoms with Crippen molar-refractivity contribution in [2.24, 2.45) is 5.92 Å². The van der Waals surface area contributed by atoms with Crippen LogP contribution in [0.15, 0.2) is 109 Å². The largest absolute Gasteiger partial charge is 0.480 e. The van der Waals surface area contributed by atoms with Crippen LogP contribution < -0.4 is 26.6 Å². The van der Waals surface area contributed by atoms with Gasteiger partial charge in [-0.25, -0.2) is 4.79 Å². The highest BCUT2D eigenvalue weighted by Gasteiger charge is 2.34. The summed E-state index contributed by atoms with van der Waals surface area (Å²) < 4.78 is 0. The molecule has 1 saturated carbocycles. The normalized spacial score (nSPS) is 22.8. The van der Waals surface area contributed by atoms with Crippen molar-refractivity contribution in [3.63, 3.8) is 0 Å². The van der Waals surface area contributed by atoms with Gasteiger partial charge in [-0.1, -0.05) is 136 Å². The van der Waals surface area contributed by atoms with Gasteiger partial charge in [0.25, 0.3) is 0 Å². The molecule has 7 rings (SSSR count). The second-order valence-electron chi connectivity index (χ2n) is 15.7. The maximum atomic E-state index is 14.5. The maximum Gasteiger partial charge on any atom is 0.326 e. The third-order valence-electron chi connectivity index (χ3n) is 11.4. The summed E-state index contributed by atoms with van der Waals surface area (Å²) in [4.78, 5) is 82.0. The minimum absolute atomic E-state index is 0.0420. The average molecular weight is 800 g/mol. The summed E-state index contributed by atoms with van der Waals surface area (Å²) in [7, 11) is 0. The molecule has 2 heterocycles. The number of carbonyl (C=O) groups excluding carboxylic acids is 5. The van der Waals surface area contributed by atoms with Gasteiger partial charge in [-0.3, -0.25) is 24.0 Å². The lowest BCUT2D eigenvalue weighted by Gasteiger charge is -2.29. The summed E-state index contributed by atoms with van der Waals surface area (Å²) in [6.45, 7) is 1.67. The number of rotatable bonds is 8. The Morgan fingerprint density at radius 2 is 1.10 bits per heavy atom. The van der Waals surface area contributed by atoms with Crippen molar-refractivity contribution >= 4 is 41.2 Å². The van der Waals surface area contributed by atoms with Gasteiger partial charge in [0.1, 0.15) is 24.2 Å². The fourth-order valence-electron chi connectivity index (χ4n) is 7.93. The van der Waals surface area contributed by atoms with E-state index in [0.717, 1.165) is 54.4 Å². The van der Waals surface area contributed by atoms with Crippen LogP contribution in [0.3, 0.4) is 0 Å². The first-order chi connectivity index (χ1) is 28.5. The average Bonchev–Trinajstić information content (AvgIpc) is 3.25. The summed E-state index contributed by atoms with van der Waals surface area (Å²) in [5.41, 5.74) is 4.50. The van der Waals surface area contributed by atoms with Gasteiger partial charge in [-0.05, 0) is 52.3 Å². The Hall–Kier alpha value is -6.30. The number of nitrogens with one attached hydrogen (secondary N) is 5. The van der Waals surface area contributed by atoms with Gasteiger partial charge in [0.15, 0.2) is 0 Å². The van der Waals surface area contributed by atoms with E-state index in [1.54, 1.807) is 43.3 Å². The predicted octanol–water partition coefficient (Wildman–Crippen LogP) is 5.67. The lowest BCUT2D eigenvalue weighted by atomic mass is 9.84. The van der Waals surface area contributed by atoms with Crippen molar-refractivity contribution in [1.82, 2.24) is 21.3 Å². The number of hydrogen-bond acceptors (Lipinski definition) is 6. The summed E-state index contributed by atoms with van der Waals surface area (Å²) in [5.74, 6) is -4.58. The molecule has 308 valence electrons. The third-order valence-corrected chi connectivity index (χ3v) is 11.4. The molecule has 0 saturated heterocycles. The number of aliphatic carboxylic acids is 1. The Morgan fingerprint density at radius 1 is 0.576 bits per heavy atom. The minimum atomic E-state index is -1.37. The molecule has 1 aliphatic carbocycles. The number of benzene rings is 4. The highest BCUT2D eigenvalue weighted by Crippen LogP contribution is 2.28. The molecular formula is C47H53N5O7. The van der Waals surface area contributed by atoms with Crippen molar-refractivity contribution in [2.45, 2.75) is 101 Å². The van der Waals surface area contributed by atoms with E-state index in [1.807, 2.05) is 72.8 Å². The smallest absolute Gasteiger partial charge is 0.326 e. The zero-order chi connectivity index (χ0) is 41.7. The molecule has 4 aromatic carbocycles. The van der Waals surface area contributed by atoms with E-state index < -0.39 is 65.6 Å². The van der Waals surface area contributed by atoms with Crippen LogP contribution in [0, 0.1) is 5.92 Å². The Bertz CT molecular complexity index is 2070. The van der Waals surface area contributed by atoms with Crippen molar-refractivity contribution in [3.8, 4) is 11.1 Å². The van der Waals surface area contributed by atoms with Crippen LogP contribution in [-0.2, 0) is 41.6 Å². The zero-order valence-corrected chi connectivity index (χ0v) is 33.3. The standard InChI is InChI=1S/C47H53N5O7/c1-30-34-21-23-37(24-22-34)48-41(53)25-26-42(54)49-38(27-31-11-5-2-6-12-31)44(55)50-39(29-33-17-19-36(20-18-33)35-15-9-4-10-16-35)45(56)51-40(28-32-13-7-3-8-14-32)46(57)52-43(30)47(58)59/h3-4,7-10,13-24,30-31,38-40,43H,2,5-6,11-12,25-29H2,1H3,(H,48,53)(H,49,54)(H,50,55)(H,51,56)(H,52,57)(H,58,59)/t30-,38-,39+,40-,43+/m1/s1. The monoisotopic (exact) mass is 799 g/mol. The molecule has 5 atom stereocenters. The number of anilines is 1. The molecule has 2 aliphatic heterocycles. The molecule has 0 spiro atoms. The molecule has 4 aromatic rings. The molecule has 12 heteroatoms. The van der Waals surface area contributed by atoms with Gasteiger partial charge in [0, 0.05) is 37.3 Å². The first-order valence-electron chi connectivity index (χ1n) is 20.5. The van der Waals surface area contributed by atoms with Gasteiger partial charge in [0.05, 0.1) is 0 Å². The quantitative estimate of drug-likeness (QED) is 0.124. The predicted molar refractivity (Wildman–Crippen MR) is 225 cm³/mol. The second-order valence-corrected chi connectivity index (χ2v) is 15.7. The van der Waals surface area contributed by atoms with Crippen LogP contribution in [0.2, 0.25) is 0 Å². The van der Waals surface area contributed by atoms with E-state index in [2.05, 4.69) is 26.6 Å². The SMILES string of the molecule is C[C@@H]1c2ccc(cc2)NC(=O)CCC(=O)N[C@H](CC2CCCCC2)C(=O)N[C@@H](Cc2ccc(-c3ccccc3)cc2)C(=O)N[C@H](Cc2ccccc2)C(=O)N[C@@H]1C(=O)O. The van der Waals surface area contributed by atoms with E-state index in [0.29, 0.717) is 17.7 Å². The minimum Gasteiger partial charge on any atom is -0.480 e. The molecular weight excluding hydrogens is 747 g/mol. The highest BCUT2D eigenvalue weighted by atomic mass is 16.4. The van der Waals surface area contributed by atoms with Gasteiger partial charge < -0.3 is 31.7 Å². The zero-order valence-electron chi connectivity index (χ0n) is 33.3. The van der Waals surface area contributed by atoms with E-state index >= 15 is 0 Å². The van der Waals surface area contributed by atoms with Crippen molar-refractivity contribution < 1.29 is 33.9 Å². The fourth-order valence-corrected chi connectivity index (χ4v) is 7.93. The lowest BCUT2D eigenvalue weighted by Crippen LogP contribution is -2.59. The first kappa shape index (κ1) is 42.3. The van der Waals surface area contributed by atoms with Crippen LogP contribution >= 0.6 is 0 Å². The summed E-state index contributed by atoms with van der Waals surface area (Å²) in [6, 6.07) is 28.4. The second kappa shape index (κ2) is 20.4. The van der Waals surface area contributed by atoms with E-state index in [1.165, 1.54) is 0 Å². The van der Waals surface area contributed by atoms with E-state index in [4.69, 9.17) is 0 Å². The van der Waals surface area contributed by atoms with Crippen molar-refractivity contribution in [3.05, 3.63) is 126 Å². The number of fused-ring (bicyclic) bond motifs is 18. The van der Waals surface area contributed by atoms with E-state index in [-0.39, 0.29) is 31.6 Å². The molecule has 5 amide bonds. The molecule has 59 heavy (non-hydrogen) atoms. The van der Waals surface area contributed by atoms with Crippen LogP contribution in [0.1, 0.15) is 80.9 Å². The molecule has 0 aromatic heterocycles. The lowest BCUT2D eigenvalue weighted by molar-refractivity contribution is -0.143. The van der Waals surface area contributed by atoms with Crippen LogP contribution in [-0.4, -0.2) is 64.8 Å². The van der Waals surface area contributed by atoms with Gasteiger partial charge in [-0.15, -0.1) is 0 Å². The van der Waals surface area contributed by atoms with Gasteiger partial charge in [-0.2, -0.15) is 0 Å². The summed E-state index contributed by atoms with van der Waals surface area (Å²) in [6.07, 6.45) is 5.12.